The molecule has 2 aromatic heterocycles. The lowest BCUT2D eigenvalue weighted by Gasteiger charge is -2.06. The van der Waals surface area contributed by atoms with Crippen LogP contribution in [0.3, 0.4) is 0 Å². The number of hydrogen-bond acceptors (Lipinski definition) is 5. The number of ether oxygens (including phenoxy) is 1. The monoisotopic (exact) mass is 253 g/mol. The molecule has 2 aromatic rings. The van der Waals surface area contributed by atoms with E-state index in [-0.39, 0.29) is 11.3 Å². The fraction of sp³-hybridized carbons (Fsp3) is 0.400. The quantitative estimate of drug-likeness (QED) is 0.833. The number of halogens is 1. The molecule has 0 N–H and O–H groups in total. The van der Waals surface area contributed by atoms with Gasteiger partial charge < -0.3 is 4.74 Å². The van der Waals surface area contributed by atoms with Crippen molar-refractivity contribution in [1.29, 1.82) is 0 Å². The van der Waals surface area contributed by atoms with Crippen molar-refractivity contribution in [2.45, 2.75) is 20.8 Å². The molecule has 0 spiro atoms. The Bertz CT molecular complexity index is 539. The summed E-state index contributed by atoms with van der Waals surface area (Å²) in [7, 11) is 0. The third-order valence-electron chi connectivity index (χ3n) is 2.32. The lowest BCUT2D eigenvalue weighted by molar-refractivity contribution is 0.311. The summed E-state index contributed by atoms with van der Waals surface area (Å²) in [5.41, 5.74) is 1.87. The fourth-order valence-corrected chi connectivity index (χ4v) is 1.47. The number of imidazole rings is 1. The van der Waals surface area contributed by atoms with Crippen molar-refractivity contribution in [2.24, 2.45) is 0 Å². The van der Waals surface area contributed by atoms with Gasteiger partial charge in [0.1, 0.15) is 6.33 Å². The van der Waals surface area contributed by atoms with E-state index in [1.807, 2.05) is 20.8 Å². The zero-order chi connectivity index (χ0) is 12.4. The van der Waals surface area contributed by atoms with Gasteiger partial charge in [0.25, 0.3) is 0 Å². The molecule has 0 aliphatic carbocycles. The average molecular weight is 254 g/mol. The second-order valence-electron chi connectivity index (χ2n) is 3.41. The molecule has 0 aromatic carbocycles. The van der Waals surface area contributed by atoms with Crippen LogP contribution in [0.25, 0.3) is 5.95 Å². The van der Waals surface area contributed by atoms with Crippen LogP contribution in [0.2, 0.25) is 5.28 Å². The van der Waals surface area contributed by atoms with Crippen molar-refractivity contribution in [1.82, 2.24) is 24.5 Å². The van der Waals surface area contributed by atoms with E-state index in [0.29, 0.717) is 12.6 Å². The second-order valence-corrected chi connectivity index (χ2v) is 3.74. The molecule has 0 fully saturated rings. The van der Waals surface area contributed by atoms with Gasteiger partial charge in [-0.2, -0.15) is 15.0 Å². The molecule has 0 aliphatic heterocycles. The van der Waals surface area contributed by atoms with Gasteiger partial charge in [-0.05, 0) is 32.4 Å². The number of aryl methyl sites for hydroxylation is 1. The Hall–Kier alpha value is -1.69. The summed E-state index contributed by atoms with van der Waals surface area (Å²) in [5.74, 6) is 0.409. The topological polar surface area (TPSA) is 65.7 Å². The number of rotatable bonds is 3. The van der Waals surface area contributed by atoms with Gasteiger partial charge in [0.05, 0.1) is 12.3 Å². The van der Waals surface area contributed by atoms with Crippen LogP contribution >= 0.6 is 11.6 Å². The fourth-order valence-electron chi connectivity index (χ4n) is 1.32. The van der Waals surface area contributed by atoms with Gasteiger partial charge in [0.2, 0.25) is 11.2 Å². The van der Waals surface area contributed by atoms with E-state index in [4.69, 9.17) is 16.3 Å². The largest absolute Gasteiger partial charge is 0.464 e. The van der Waals surface area contributed by atoms with Crippen molar-refractivity contribution < 1.29 is 4.74 Å². The van der Waals surface area contributed by atoms with E-state index < -0.39 is 0 Å². The lowest BCUT2D eigenvalue weighted by atomic mass is 10.4. The van der Waals surface area contributed by atoms with Crippen LogP contribution in [-0.4, -0.2) is 31.1 Å². The van der Waals surface area contributed by atoms with Crippen LogP contribution in [-0.2, 0) is 0 Å². The van der Waals surface area contributed by atoms with Crippen molar-refractivity contribution >= 4 is 11.6 Å². The molecule has 0 saturated carbocycles. The number of nitrogens with zero attached hydrogens (tertiary/aromatic N) is 5. The van der Waals surface area contributed by atoms with E-state index in [2.05, 4.69) is 19.9 Å². The summed E-state index contributed by atoms with van der Waals surface area (Å²) in [6.07, 6.45) is 1.64. The molecule has 7 heteroatoms. The lowest BCUT2D eigenvalue weighted by Crippen LogP contribution is -2.06. The molecule has 90 valence electrons. The molecule has 0 amide bonds. The molecular formula is C10H12ClN5O. The van der Waals surface area contributed by atoms with Crippen LogP contribution in [0.15, 0.2) is 6.33 Å². The molecule has 17 heavy (non-hydrogen) atoms. The Balaban J connectivity index is 2.48. The van der Waals surface area contributed by atoms with Crippen LogP contribution in [0.5, 0.6) is 6.01 Å². The molecule has 0 aliphatic rings. The van der Waals surface area contributed by atoms with Crippen LogP contribution in [0.4, 0.5) is 0 Å². The van der Waals surface area contributed by atoms with Crippen molar-refractivity contribution in [3.05, 3.63) is 23.0 Å². The highest BCUT2D eigenvalue weighted by Gasteiger charge is 2.10. The Labute approximate surface area is 104 Å². The molecule has 0 bridgehead atoms. The molecular weight excluding hydrogens is 242 g/mol. The minimum atomic E-state index is 0.101. The highest BCUT2D eigenvalue weighted by molar-refractivity contribution is 6.28. The third kappa shape index (κ3) is 2.36. The Morgan fingerprint density at radius 3 is 2.65 bits per heavy atom. The van der Waals surface area contributed by atoms with E-state index in [1.165, 1.54) is 0 Å². The molecule has 0 atom stereocenters. The van der Waals surface area contributed by atoms with Gasteiger partial charge in [-0.1, -0.05) is 0 Å². The van der Waals surface area contributed by atoms with Crippen LogP contribution in [0, 0.1) is 13.8 Å². The Kier molecular flexibility index (Phi) is 3.23. The molecule has 2 rings (SSSR count). The Morgan fingerprint density at radius 2 is 2.06 bits per heavy atom. The van der Waals surface area contributed by atoms with Crippen LogP contribution in [0.1, 0.15) is 18.3 Å². The highest BCUT2D eigenvalue weighted by atomic mass is 35.5. The maximum atomic E-state index is 5.82. The van der Waals surface area contributed by atoms with Crippen molar-refractivity contribution in [3.63, 3.8) is 0 Å². The summed E-state index contributed by atoms with van der Waals surface area (Å²) in [6.45, 7) is 6.17. The van der Waals surface area contributed by atoms with Gasteiger partial charge in [0, 0.05) is 5.69 Å². The average Bonchev–Trinajstić information content (AvgIpc) is 2.59. The summed E-state index contributed by atoms with van der Waals surface area (Å²) >= 11 is 5.82. The van der Waals surface area contributed by atoms with E-state index in [0.717, 1.165) is 11.4 Å². The second kappa shape index (κ2) is 4.67. The SMILES string of the molecule is CCOc1nc(Cl)nc(-n2cnc(C)c2C)n1. The van der Waals surface area contributed by atoms with E-state index >= 15 is 0 Å². The van der Waals surface area contributed by atoms with Gasteiger partial charge >= 0.3 is 6.01 Å². The van der Waals surface area contributed by atoms with E-state index in [9.17, 15) is 0 Å². The summed E-state index contributed by atoms with van der Waals surface area (Å²) < 4.78 is 6.96. The first-order valence-electron chi connectivity index (χ1n) is 5.17. The summed E-state index contributed by atoms with van der Waals surface area (Å²) in [4.78, 5) is 16.3. The normalized spacial score (nSPS) is 10.6. The highest BCUT2D eigenvalue weighted by Crippen LogP contribution is 2.14. The first kappa shape index (κ1) is 11.8. The maximum absolute atomic E-state index is 5.82. The Morgan fingerprint density at radius 1 is 1.29 bits per heavy atom. The minimum absolute atomic E-state index is 0.101. The predicted octanol–water partition coefficient (Wildman–Crippen LogP) is 1.73. The smallest absolute Gasteiger partial charge is 0.322 e. The molecule has 0 unspecified atom stereocenters. The maximum Gasteiger partial charge on any atom is 0.322 e. The number of aromatic nitrogens is 5. The standard InChI is InChI=1S/C10H12ClN5O/c1-4-17-10-14-8(11)13-9(15-10)16-5-12-6(2)7(16)3/h5H,4H2,1-3H3. The van der Waals surface area contributed by atoms with Gasteiger partial charge in [-0.25, -0.2) is 4.98 Å². The zero-order valence-corrected chi connectivity index (χ0v) is 10.6. The van der Waals surface area contributed by atoms with Crippen molar-refractivity contribution in [3.8, 4) is 12.0 Å². The van der Waals surface area contributed by atoms with Gasteiger partial charge in [-0.3, -0.25) is 4.57 Å². The van der Waals surface area contributed by atoms with Crippen LogP contribution < -0.4 is 4.74 Å². The molecule has 6 nitrogen and oxygen atoms in total. The van der Waals surface area contributed by atoms with Gasteiger partial charge in [-0.15, -0.1) is 0 Å². The first-order chi connectivity index (χ1) is 8.11. The van der Waals surface area contributed by atoms with Crippen molar-refractivity contribution in [2.75, 3.05) is 6.61 Å². The summed E-state index contributed by atoms with van der Waals surface area (Å²) in [6, 6.07) is 0.216. The minimum Gasteiger partial charge on any atom is -0.464 e. The summed E-state index contributed by atoms with van der Waals surface area (Å²) in [5, 5.41) is 0.101. The van der Waals surface area contributed by atoms with Gasteiger partial charge in [0.15, 0.2) is 0 Å². The predicted molar refractivity (Wildman–Crippen MR) is 62.6 cm³/mol. The molecule has 0 radical (unpaired) electrons. The third-order valence-corrected chi connectivity index (χ3v) is 2.49. The molecule has 2 heterocycles. The van der Waals surface area contributed by atoms with E-state index in [1.54, 1.807) is 10.9 Å². The first-order valence-corrected chi connectivity index (χ1v) is 5.55. The molecule has 0 saturated heterocycles. The zero-order valence-electron chi connectivity index (χ0n) is 9.81. The number of hydrogen-bond donors (Lipinski definition) is 0.